The maximum atomic E-state index is 5.24. The van der Waals surface area contributed by atoms with E-state index in [0.717, 1.165) is 42.8 Å². The summed E-state index contributed by atoms with van der Waals surface area (Å²) >= 11 is 1.92. The molecule has 0 amide bonds. The molecule has 4 aliphatic carbocycles. The lowest BCUT2D eigenvalue weighted by atomic mass is 9.73. The first-order chi connectivity index (χ1) is 26.3. The van der Waals surface area contributed by atoms with E-state index in [1.807, 2.05) is 17.5 Å². The fourth-order valence-electron chi connectivity index (χ4n) is 10.3. The van der Waals surface area contributed by atoms with Crippen LogP contribution < -0.4 is 4.90 Å². The summed E-state index contributed by atoms with van der Waals surface area (Å²) in [7, 11) is 0. The summed E-state index contributed by atoms with van der Waals surface area (Å²) in [5.41, 5.74) is 17.0. The van der Waals surface area contributed by atoms with Crippen LogP contribution in [0, 0.1) is 0 Å². The third-order valence-electron chi connectivity index (χ3n) is 12.5. The molecule has 0 saturated carbocycles. The highest BCUT2D eigenvalue weighted by molar-refractivity contribution is 7.20. The summed E-state index contributed by atoms with van der Waals surface area (Å²) in [6.45, 7) is 0. The van der Waals surface area contributed by atoms with Gasteiger partial charge < -0.3 is 4.90 Å². The van der Waals surface area contributed by atoms with Gasteiger partial charge in [0.15, 0.2) is 5.82 Å². The molecule has 3 atom stereocenters. The summed E-state index contributed by atoms with van der Waals surface area (Å²) in [5, 5.41) is 1.33. The number of allylic oxidation sites excluding steroid dienone is 3. The predicted molar refractivity (Wildman–Crippen MR) is 219 cm³/mol. The lowest BCUT2D eigenvalue weighted by Crippen LogP contribution is -2.29. The Balaban J connectivity index is 0.994. The molecule has 252 valence electrons. The molecule has 53 heavy (non-hydrogen) atoms. The molecule has 0 fully saturated rings. The summed E-state index contributed by atoms with van der Waals surface area (Å²) < 4.78 is 1.32. The van der Waals surface area contributed by atoms with Gasteiger partial charge in [0.2, 0.25) is 0 Å². The van der Waals surface area contributed by atoms with Crippen molar-refractivity contribution >= 4 is 38.9 Å². The predicted octanol–water partition coefficient (Wildman–Crippen LogP) is 12.0. The Bertz CT molecular complexity index is 2780. The number of hydrogen-bond acceptors (Lipinski definition) is 4. The number of nitrogens with zero attached hydrogens (tertiary/aromatic N) is 3. The van der Waals surface area contributed by atoms with Crippen molar-refractivity contribution < 1.29 is 0 Å². The van der Waals surface area contributed by atoms with Crippen molar-refractivity contribution in [3.8, 4) is 33.8 Å². The molecule has 12 rings (SSSR count). The van der Waals surface area contributed by atoms with Gasteiger partial charge in [0.05, 0.1) is 11.7 Å². The largest absolute Gasteiger partial charge is 0.333 e. The van der Waals surface area contributed by atoms with Crippen LogP contribution in [-0.2, 0) is 18.3 Å². The number of aryl methyl sites for hydroxylation is 2. The topological polar surface area (TPSA) is 29.0 Å². The molecule has 7 aromatic rings. The van der Waals surface area contributed by atoms with E-state index in [2.05, 4.69) is 151 Å². The van der Waals surface area contributed by atoms with E-state index < -0.39 is 0 Å². The van der Waals surface area contributed by atoms with Crippen molar-refractivity contribution in [3.05, 3.63) is 184 Å². The number of aromatic nitrogens is 2. The highest BCUT2D eigenvalue weighted by Crippen LogP contribution is 2.61. The minimum atomic E-state index is -0.125. The third kappa shape index (κ3) is 4.10. The Hall–Kier alpha value is -5.84. The van der Waals surface area contributed by atoms with Gasteiger partial charge in [-0.25, -0.2) is 9.97 Å². The van der Waals surface area contributed by atoms with Crippen LogP contribution in [0.25, 0.3) is 49.9 Å². The quantitative estimate of drug-likeness (QED) is 0.184. The highest BCUT2D eigenvalue weighted by atomic mass is 32.1. The summed E-state index contributed by atoms with van der Waals surface area (Å²) in [4.78, 5) is 14.1. The smallest absolute Gasteiger partial charge is 0.159 e. The van der Waals surface area contributed by atoms with Crippen LogP contribution in [-0.4, -0.2) is 16.0 Å². The first kappa shape index (κ1) is 29.7. The summed E-state index contributed by atoms with van der Waals surface area (Å²) in [6, 6.07) is 41.2. The van der Waals surface area contributed by atoms with Crippen LogP contribution >= 0.6 is 11.3 Å². The molecule has 3 nitrogen and oxygen atoms in total. The molecular formula is C49H35N3S. The first-order valence-electron chi connectivity index (χ1n) is 18.9. The van der Waals surface area contributed by atoms with E-state index in [0.29, 0.717) is 0 Å². The molecule has 3 heterocycles. The second-order valence-corrected chi connectivity index (χ2v) is 16.2. The number of thiophene rings is 1. The first-order valence-corrected chi connectivity index (χ1v) is 19.7. The molecule has 2 aromatic heterocycles. The van der Waals surface area contributed by atoms with E-state index >= 15 is 0 Å². The molecule has 0 saturated heterocycles. The Morgan fingerprint density at radius 3 is 2.58 bits per heavy atom. The number of fused-ring (bicyclic) bond motifs is 13. The van der Waals surface area contributed by atoms with Crippen LogP contribution in [0.2, 0.25) is 0 Å². The average Bonchev–Trinajstić information content (AvgIpc) is 3.96. The minimum absolute atomic E-state index is 0.125. The number of anilines is 2. The molecule has 3 unspecified atom stereocenters. The van der Waals surface area contributed by atoms with E-state index in [1.54, 1.807) is 0 Å². The Morgan fingerprint density at radius 2 is 1.60 bits per heavy atom. The van der Waals surface area contributed by atoms with Crippen LogP contribution in [0.4, 0.5) is 11.4 Å². The fraction of sp³-hybridized carbons (Fsp3) is 0.143. The third-order valence-corrected chi connectivity index (χ3v) is 13.9. The van der Waals surface area contributed by atoms with E-state index in [4.69, 9.17) is 9.97 Å². The zero-order chi connectivity index (χ0) is 34.7. The molecule has 0 N–H and O–H groups in total. The van der Waals surface area contributed by atoms with Gasteiger partial charge in [0, 0.05) is 55.0 Å². The zero-order valence-corrected chi connectivity index (χ0v) is 30.0. The Kier molecular flexibility index (Phi) is 6.21. The van der Waals surface area contributed by atoms with Crippen LogP contribution in [0.3, 0.4) is 0 Å². The van der Waals surface area contributed by atoms with Crippen molar-refractivity contribution in [2.24, 2.45) is 0 Å². The molecule has 0 radical (unpaired) electrons. The van der Waals surface area contributed by atoms with Gasteiger partial charge in [-0.2, -0.15) is 0 Å². The van der Waals surface area contributed by atoms with Gasteiger partial charge >= 0.3 is 0 Å². The highest BCUT2D eigenvalue weighted by Gasteiger charge is 2.50. The normalized spacial score (nSPS) is 21.1. The molecular weight excluding hydrogens is 663 g/mol. The standard InChI is InChI=1S/C49H35N3S/c1-5-19-40-30(11-1)23-25-49(40)41-20-6-2-14-33(41)38-28-39-34-15-3-7-21-44(34)52(45(39)29-42(38)49)32-13-9-12-31(27-32)48-50-26-24-43(51-48)37-18-10-17-36-35-16-4-8-22-46(35)53-47(36)37/h1-7,9-21,24,26-29,34,44H,8,22-23,25H2. The second-order valence-electron chi connectivity index (χ2n) is 15.1. The molecule has 4 heteroatoms. The van der Waals surface area contributed by atoms with Crippen molar-refractivity contribution in [2.75, 3.05) is 4.90 Å². The van der Waals surface area contributed by atoms with Gasteiger partial charge in [-0.1, -0.05) is 115 Å². The summed E-state index contributed by atoms with van der Waals surface area (Å²) in [5.74, 6) is 1.03. The molecule has 1 aliphatic heterocycles. The van der Waals surface area contributed by atoms with Crippen molar-refractivity contribution in [2.45, 2.75) is 43.1 Å². The molecule has 0 bridgehead atoms. The van der Waals surface area contributed by atoms with Crippen molar-refractivity contribution in [1.82, 2.24) is 9.97 Å². The lowest BCUT2D eigenvalue weighted by molar-refractivity contribution is 0.626. The number of rotatable bonds is 3. The molecule has 1 spiro atoms. The van der Waals surface area contributed by atoms with Gasteiger partial charge in [-0.05, 0) is 101 Å². The van der Waals surface area contributed by atoms with Gasteiger partial charge in [-0.15, -0.1) is 11.3 Å². The van der Waals surface area contributed by atoms with Crippen LogP contribution in [0.1, 0.15) is 57.0 Å². The monoisotopic (exact) mass is 697 g/mol. The second kappa shape index (κ2) is 11.1. The van der Waals surface area contributed by atoms with Gasteiger partial charge in [0.25, 0.3) is 0 Å². The maximum absolute atomic E-state index is 5.24. The minimum Gasteiger partial charge on any atom is -0.333 e. The Labute approximate surface area is 313 Å². The molecule has 5 aliphatic rings. The maximum Gasteiger partial charge on any atom is 0.159 e. The van der Waals surface area contributed by atoms with E-state index in [1.165, 1.54) is 76.4 Å². The SMILES string of the molecule is C1=CC2c3cc4c(cc3N(c3cccc(-c5nccc(-c6cccc7c8c(sc67)CCC=C8)n5)c3)C2C=C1)C1(CCc2ccccc21)c1ccccc1-4. The van der Waals surface area contributed by atoms with Gasteiger partial charge in [0.1, 0.15) is 0 Å². The van der Waals surface area contributed by atoms with Crippen molar-refractivity contribution in [1.29, 1.82) is 0 Å². The lowest BCUT2D eigenvalue weighted by Gasteiger charge is -2.31. The zero-order valence-electron chi connectivity index (χ0n) is 29.2. The average molecular weight is 698 g/mol. The van der Waals surface area contributed by atoms with Crippen LogP contribution in [0.15, 0.2) is 146 Å². The van der Waals surface area contributed by atoms with E-state index in [9.17, 15) is 0 Å². The number of hydrogen-bond donors (Lipinski definition) is 0. The molecule has 5 aromatic carbocycles. The van der Waals surface area contributed by atoms with Crippen LogP contribution in [0.5, 0.6) is 0 Å². The summed E-state index contributed by atoms with van der Waals surface area (Å²) in [6.07, 6.45) is 20.2. The van der Waals surface area contributed by atoms with E-state index in [-0.39, 0.29) is 17.4 Å². The number of benzene rings is 5. The Morgan fingerprint density at radius 1 is 0.736 bits per heavy atom. The fourth-order valence-corrected chi connectivity index (χ4v) is 11.6. The van der Waals surface area contributed by atoms with Crippen molar-refractivity contribution in [3.63, 3.8) is 0 Å². The van der Waals surface area contributed by atoms with Gasteiger partial charge in [-0.3, -0.25) is 0 Å².